The third kappa shape index (κ3) is 2.98. The fourth-order valence-corrected chi connectivity index (χ4v) is 3.57. The summed E-state index contributed by atoms with van der Waals surface area (Å²) in [5.74, 6) is 0.555. The summed E-state index contributed by atoms with van der Waals surface area (Å²) in [6.45, 7) is 9.91. The van der Waals surface area contributed by atoms with Gasteiger partial charge in [0.05, 0.1) is 12.3 Å². The number of rotatable bonds is 4. The van der Waals surface area contributed by atoms with E-state index in [0.29, 0.717) is 6.61 Å². The zero-order valence-corrected chi connectivity index (χ0v) is 14.2. The van der Waals surface area contributed by atoms with Crippen molar-refractivity contribution in [2.24, 2.45) is 0 Å². The first-order valence-corrected chi connectivity index (χ1v) is 8.23. The normalized spacial score (nSPS) is 18.4. The minimum absolute atomic E-state index is 0.0910. The summed E-state index contributed by atoms with van der Waals surface area (Å²) in [6, 6.07) is 4.98. The predicted octanol–water partition coefficient (Wildman–Crippen LogP) is 3.83. The molecule has 0 unspecified atom stereocenters. The number of hydrogen-bond donors (Lipinski definition) is 1. The van der Waals surface area contributed by atoms with Gasteiger partial charge in [-0.05, 0) is 45.9 Å². The summed E-state index contributed by atoms with van der Waals surface area (Å²) in [5, 5.41) is 8.23. The molecule has 23 heavy (non-hydrogen) atoms. The highest BCUT2D eigenvalue weighted by Gasteiger charge is 2.25. The Balaban J connectivity index is 1.86. The number of aromatic nitrogens is 2. The number of nitrogens with zero attached hydrogens (tertiary/aromatic N) is 2. The van der Waals surface area contributed by atoms with Gasteiger partial charge < -0.3 is 10.1 Å². The first-order chi connectivity index (χ1) is 11.0. The van der Waals surface area contributed by atoms with Gasteiger partial charge in [0.1, 0.15) is 11.6 Å². The molecule has 0 bridgehead atoms. The Morgan fingerprint density at radius 3 is 2.91 bits per heavy atom. The second-order valence-corrected chi connectivity index (χ2v) is 6.16. The van der Waals surface area contributed by atoms with Crippen LogP contribution >= 0.6 is 0 Å². The van der Waals surface area contributed by atoms with Crippen LogP contribution in [-0.2, 0) is 6.54 Å². The highest BCUT2D eigenvalue weighted by atomic mass is 19.1. The smallest absolute Gasteiger partial charge is 0.124 e. The lowest BCUT2D eigenvalue weighted by Gasteiger charge is -2.29. The van der Waals surface area contributed by atoms with Gasteiger partial charge in [-0.15, -0.1) is 0 Å². The summed E-state index contributed by atoms with van der Waals surface area (Å²) in [7, 11) is 0. The lowest BCUT2D eigenvalue weighted by Crippen LogP contribution is -2.30. The first kappa shape index (κ1) is 16.0. The molecule has 2 aromatic rings. The van der Waals surface area contributed by atoms with Crippen molar-refractivity contribution in [2.45, 2.75) is 52.7 Å². The third-order valence-corrected chi connectivity index (χ3v) is 4.63. The molecular weight excluding hydrogens is 293 g/mol. The molecule has 2 heterocycles. The quantitative estimate of drug-likeness (QED) is 0.931. The van der Waals surface area contributed by atoms with E-state index in [2.05, 4.69) is 31.2 Å². The Hall–Kier alpha value is -1.88. The molecule has 0 saturated carbocycles. The van der Waals surface area contributed by atoms with E-state index in [9.17, 15) is 4.39 Å². The molecule has 0 aliphatic carbocycles. The van der Waals surface area contributed by atoms with Gasteiger partial charge >= 0.3 is 0 Å². The molecule has 4 nitrogen and oxygen atoms in total. The Labute approximate surface area is 136 Å². The summed E-state index contributed by atoms with van der Waals surface area (Å²) in [4.78, 5) is 0. The molecule has 0 spiro atoms. The van der Waals surface area contributed by atoms with Crippen LogP contribution in [0, 0.1) is 19.7 Å². The Morgan fingerprint density at radius 2 is 2.22 bits per heavy atom. The van der Waals surface area contributed by atoms with Crippen LogP contribution in [-0.4, -0.2) is 16.4 Å². The lowest BCUT2D eigenvalue weighted by molar-refractivity contribution is 0.245. The van der Waals surface area contributed by atoms with E-state index in [0.717, 1.165) is 30.0 Å². The maximum atomic E-state index is 13.6. The fraction of sp³-hybridized carbons (Fsp3) is 0.500. The number of halogens is 1. The van der Waals surface area contributed by atoms with Gasteiger partial charge in [0.2, 0.25) is 0 Å². The molecule has 0 amide bonds. The fourth-order valence-electron chi connectivity index (χ4n) is 3.57. The minimum atomic E-state index is -0.222. The zero-order chi connectivity index (χ0) is 16.6. The molecule has 2 atom stereocenters. The Bertz CT molecular complexity index is 711. The third-order valence-electron chi connectivity index (χ3n) is 4.63. The topological polar surface area (TPSA) is 39.1 Å². The maximum Gasteiger partial charge on any atom is 0.124 e. The van der Waals surface area contributed by atoms with Crippen LogP contribution in [0.1, 0.15) is 54.9 Å². The van der Waals surface area contributed by atoms with E-state index in [1.165, 1.54) is 17.3 Å². The van der Waals surface area contributed by atoms with Crippen LogP contribution in [0.5, 0.6) is 5.75 Å². The van der Waals surface area contributed by atoms with Crippen molar-refractivity contribution in [2.75, 3.05) is 6.61 Å². The zero-order valence-electron chi connectivity index (χ0n) is 14.2. The summed E-state index contributed by atoms with van der Waals surface area (Å²) >= 11 is 0. The second kappa shape index (κ2) is 6.32. The van der Waals surface area contributed by atoms with Crippen molar-refractivity contribution in [1.82, 2.24) is 15.1 Å². The molecule has 0 radical (unpaired) electrons. The monoisotopic (exact) mass is 317 g/mol. The van der Waals surface area contributed by atoms with Gasteiger partial charge in [-0.3, -0.25) is 4.68 Å². The van der Waals surface area contributed by atoms with Gasteiger partial charge in [-0.1, -0.05) is 0 Å². The van der Waals surface area contributed by atoms with E-state index in [-0.39, 0.29) is 17.9 Å². The van der Waals surface area contributed by atoms with Crippen molar-refractivity contribution >= 4 is 0 Å². The molecule has 1 aromatic carbocycles. The summed E-state index contributed by atoms with van der Waals surface area (Å²) in [5.41, 5.74) is 4.38. The van der Waals surface area contributed by atoms with Crippen LogP contribution in [0.3, 0.4) is 0 Å². The van der Waals surface area contributed by atoms with E-state index in [1.54, 1.807) is 12.1 Å². The highest BCUT2D eigenvalue weighted by molar-refractivity contribution is 5.38. The van der Waals surface area contributed by atoms with Crippen LogP contribution < -0.4 is 10.1 Å². The van der Waals surface area contributed by atoms with E-state index in [1.807, 2.05) is 11.6 Å². The van der Waals surface area contributed by atoms with Crippen molar-refractivity contribution in [3.05, 3.63) is 46.5 Å². The highest BCUT2D eigenvalue weighted by Crippen LogP contribution is 2.34. The number of nitrogens with one attached hydrogen (secondary N) is 1. The molecular formula is C18H24FN3O. The van der Waals surface area contributed by atoms with Crippen molar-refractivity contribution in [3.63, 3.8) is 0 Å². The molecule has 1 N–H and O–H groups in total. The molecule has 5 heteroatoms. The molecule has 124 valence electrons. The average Bonchev–Trinajstić information content (AvgIpc) is 2.82. The molecule has 0 fully saturated rings. The van der Waals surface area contributed by atoms with E-state index >= 15 is 0 Å². The Morgan fingerprint density at radius 1 is 1.43 bits per heavy atom. The number of aryl methyl sites for hydroxylation is 2. The first-order valence-electron chi connectivity index (χ1n) is 8.23. The van der Waals surface area contributed by atoms with Gasteiger partial charge in [0.25, 0.3) is 0 Å². The molecule has 3 rings (SSSR count). The average molecular weight is 317 g/mol. The van der Waals surface area contributed by atoms with Crippen LogP contribution in [0.15, 0.2) is 18.2 Å². The standard InChI is InChI=1S/C18H24FN3O/c1-5-22-13(4)18(12(3)21-22)11(2)20-16-8-9-23-17-7-6-14(19)10-15(16)17/h6-7,10-11,16,20H,5,8-9H2,1-4H3/t11-,16+/m0/s1. The van der Waals surface area contributed by atoms with Crippen molar-refractivity contribution < 1.29 is 9.13 Å². The van der Waals surface area contributed by atoms with E-state index in [4.69, 9.17) is 4.74 Å². The second-order valence-electron chi connectivity index (χ2n) is 6.16. The van der Waals surface area contributed by atoms with Crippen molar-refractivity contribution in [3.8, 4) is 5.75 Å². The van der Waals surface area contributed by atoms with Gasteiger partial charge in [-0.25, -0.2) is 4.39 Å². The maximum absolute atomic E-state index is 13.6. The predicted molar refractivity (Wildman–Crippen MR) is 88.2 cm³/mol. The van der Waals surface area contributed by atoms with E-state index < -0.39 is 0 Å². The van der Waals surface area contributed by atoms with Crippen LogP contribution in [0.2, 0.25) is 0 Å². The van der Waals surface area contributed by atoms with Gasteiger partial charge in [0, 0.05) is 41.9 Å². The number of hydrogen-bond acceptors (Lipinski definition) is 3. The largest absolute Gasteiger partial charge is 0.493 e. The molecule has 0 saturated heterocycles. The summed E-state index contributed by atoms with van der Waals surface area (Å²) in [6.07, 6.45) is 0.834. The molecule has 1 aromatic heterocycles. The SMILES string of the molecule is CCn1nc(C)c([C@H](C)N[C@@H]2CCOc3ccc(F)cc32)c1C. The van der Waals surface area contributed by atoms with Gasteiger partial charge in [-0.2, -0.15) is 5.10 Å². The Kier molecular flexibility index (Phi) is 4.39. The number of benzene rings is 1. The summed E-state index contributed by atoms with van der Waals surface area (Å²) < 4.78 is 21.3. The van der Waals surface area contributed by atoms with Crippen LogP contribution in [0.25, 0.3) is 0 Å². The van der Waals surface area contributed by atoms with Crippen molar-refractivity contribution in [1.29, 1.82) is 0 Å². The molecule has 1 aliphatic heterocycles. The van der Waals surface area contributed by atoms with Gasteiger partial charge in [0.15, 0.2) is 0 Å². The minimum Gasteiger partial charge on any atom is -0.493 e. The van der Waals surface area contributed by atoms with Crippen LogP contribution in [0.4, 0.5) is 4.39 Å². The molecule has 1 aliphatic rings. The number of fused-ring (bicyclic) bond motifs is 1. The lowest BCUT2D eigenvalue weighted by atomic mass is 9.97. The number of ether oxygens (including phenoxy) is 1.